The van der Waals surface area contributed by atoms with Gasteiger partial charge in [-0.25, -0.2) is 9.97 Å². The molecule has 3 nitrogen and oxygen atoms in total. The molecule has 0 amide bonds. The van der Waals surface area contributed by atoms with E-state index in [1.165, 1.54) is 0 Å². The molecule has 1 aliphatic heterocycles. The third-order valence-electron chi connectivity index (χ3n) is 1.71. The standard InChI is InChI=1S/C7H7ClN2O/c8-7-9-3-5(4-10-7)6-1-2-11-6/h3-4,6H,1-2H2. The van der Waals surface area contributed by atoms with Crippen molar-refractivity contribution in [1.29, 1.82) is 0 Å². The molecule has 1 atom stereocenters. The van der Waals surface area contributed by atoms with Crippen LogP contribution in [-0.4, -0.2) is 16.6 Å². The smallest absolute Gasteiger partial charge is 0.222 e. The van der Waals surface area contributed by atoms with Crippen LogP contribution in [0.25, 0.3) is 0 Å². The average Bonchev–Trinajstić information content (AvgIpc) is 1.90. The number of rotatable bonds is 1. The Morgan fingerprint density at radius 2 is 2.09 bits per heavy atom. The van der Waals surface area contributed by atoms with E-state index >= 15 is 0 Å². The van der Waals surface area contributed by atoms with E-state index in [2.05, 4.69) is 9.97 Å². The van der Waals surface area contributed by atoms with Crippen molar-refractivity contribution in [3.8, 4) is 0 Å². The summed E-state index contributed by atoms with van der Waals surface area (Å²) < 4.78 is 5.23. The number of hydrogen-bond donors (Lipinski definition) is 0. The lowest BCUT2D eigenvalue weighted by Gasteiger charge is -2.25. The van der Waals surface area contributed by atoms with Gasteiger partial charge in [-0.2, -0.15) is 0 Å². The summed E-state index contributed by atoms with van der Waals surface area (Å²) in [5, 5.41) is 0.285. The molecule has 58 valence electrons. The second kappa shape index (κ2) is 2.75. The minimum Gasteiger partial charge on any atom is -0.373 e. The molecule has 0 bridgehead atoms. The van der Waals surface area contributed by atoms with Crippen LogP contribution in [0.4, 0.5) is 0 Å². The van der Waals surface area contributed by atoms with Gasteiger partial charge < -0.3 is 4.74 Å². The largest absolute Gasteiger partial charge is 0.373 e. The van der Waals surface area contributed by atoms with Gasteiger partial charge in [-0.15, -0.1) is 0 Å². The zero-order valence-corrected chi connectivity index (χ0v) is 6.58. The maximum atomic E-state index is 5.51. The van der Waals surface area contributed by atoms with E-state index in [0.717, 1.165) is 18.6 Å². The third-order valence-corrected chi connectivity index (χ3v) is 1.91. The lowest BCUT2D eigenvalue weighted by atomic mass is 10.1. The number of aromatic nitrogens is 2. The van der Waals surface area contributed by atoms with Crippen LogP contribution < -0.4 is 0 Å². The maximum Gasteiger partial charge on any atom is 0.222 e. The van der Waals surface area contributed by atoms with E-state index in [4.69, 9.17) is 16.3 Å². The molecule has 1 unspecified atom stereocenters. The maximum absolute atomic E-state index is 5.51. The first-order valence-electron chi connectivity index (χ1n) is 3.45. The van der Waals surface area contributed by atoms with Crippen molar-refractivity contribution in [2.24, 2.45) is 0 Å². The van der Waals surface area contributed by atoms with Crippen molar-refractivity contribution in [3.05, 3.63) is 23.2 Å². The molecular weight excluding hydrogens is 164 g/mol. The highest BCUT2D eigenvalue weighted by atomic mass is 35.5. The van der Waals surface area contributed by atoms with Crippen LogP contribution in [0.3, 0.4) is 0 Å². The summed E-state index contributed by atoms with van der Waals surface area (Å²) in [6.07, 6.45) is 4.68. The molecule has 1 fully saturated rings. The highest BCUT2D eigenvalue weighted by Crippen LogP contribution is 2.27. The summed E-state index contributed by atoms with van der Waals surface area (Å²) in [5.74, 6) is 0. The number of nitrogens with zero attached hydrogens (tertiary/aromatic N) is 2. The summed E-state index contributed by atoms with van der Waals surface area (Å²) in [5.41, 5.74) is 1.01. The van der Waals surface area contributed by atoms with Gasteiger partial charge in [0.1, 0.15) is 0 Å². The molecule has 2 rings (SSSR count). The van der Waals surface area contributed by atoms with Crippen LogP contribution in [0, 0.1) is 0 Å². The molecule has 11 heavy (non-hydrogen) atoms. The van der Waals surface area contributed by atoms with Crippen molar-refractivity contribution in [2.75, 3.05) is 6.61 Å². The Morgan fingerprint density at radius 3 is 2.55 bits per heavy atom. The van der Waals surface area contributed by atoms with E-state index < -0.39 is 0 Å². The zero-order chi connectivity index (χ0) is 7.68. The fourth-order valence-corrected chi connectivity index (χ4v) is 1.08. The van der Waals surface area contributed by atoms with E-state index in [9.17, 15) is 0 Å². The van der Waals surface area contributed by atoms with Gasteiger partial charge in [0, 0.05) is 24.4 Å². The van der Waals surface area contributed by atoms with Crippen LogP contribution >= 0.6 is 11.6 Å². The highest BCUT2D eigenvalue weighted by Gasteiger charge is 2.20. The second-order valence-corrected chi connectivity index (χ2v) is 2.77. The lowest BCUT2D eigenvalue weighted by Crippen LogP contribution is -2.18. The number of ether oxygens (including phenoxy) is 1. The second-order valence-electron chi connectivity index (χ2n) is 2.43. The van der Waals surface area contributed by atoms with Gasteiger partial charge >= 0.3 is 0 Å². The molecule has 2 heterocycles. The monoisotopic (exact) mass is 170 g/mol. The number of halogens is 1. The molecule has 0 saturated carbocycles. The number of hydrogen-bond acceptors (Lipinski definition) is 3. The quantitative estimate of drug-likeness (QED) is 0.601. The third kappa shape index (κ3) is 1.34. The topological polar surface area (TPSA) is 35.0 Å². The Bertz CT molecular complexity index is 245. The predicted molar refractivity (Wildman–Crippen MR) is 40.4 cm³/mol. The van der Waals surface area contributed by atoms with Crippen LogP contribution in [0.5, 0.6) is 0 Å². The first kappa shape index (κ1) is 7.00. The van der Waals surface area contributed by atoms with Crippen LogP contribution in [0.2, 0.25) is 5.28 Å². The van der Waals surface area contributed by atoms with Crippen LogP contribution in [-0.2, 0) is 4.74 Å². The van der Waals surface area contributed by atoms with E-state index in [0.29, 0.717) is 0 Å². The summed E-state index contributed by atoms with van der Waals surface area (Å²) >= 11 is 5.51. The molecule has 1 aliphatic rings. The lowest BCUT2D eigenvalue weighted by molar-refractivity contribution is -0.0530. The van der Waals surface area contributed by atoms with Crippen molar-refractivity contribution in [1.82, 2.24) is 9.97 Å². The molecular formula is C7H7ClN2O. The van der Waals surface area contributed by atoms with Crippen molar-refractivity contribution in [2.45, 2.75) is 12.5 Å². The average molecular weight is 171 g/mol. The Kier molecular flexibility index (Phi) is 1.75. The summed E-state index contributed by atoms with van der Waals surface area (Å²) in [7, 11) is 0. The molecule has 1 saturated heterocycles. The van der Waals surface area contributed by atoms with Gasteiger partial charge in [0.15, 0.2) is 0 Å². The van der Waals surface area contributed by atoms with Crippen LogP contribution in [0.15, 0.2) is 12.4 Å². The molecule has 0 spiro atoms. The fraction of sp³-hybridized carbons (Fsp3) is 0.429. The molecule has 1 aromatic rings. The van der Waals surface area contributed by atoms with Crippen LogP contribution in [0.1, 0.15) is 18.1 Å². The minimum atomic E-state index is 0.201. The molecule has 0 aromatic carbocycles. The van der Waals surface area contributed by atoms with Gasteiger partial charge in [-0.1, -0.05) is 0 Å². The van der Waals surface area contributed by atoms with Gasteiger partial charge in [0.25, 0.3) is 0 Å². The normalized spacial score (nSPS) is 22.8. The van der Waals surface area contributed by atoms with Crippen molar-refractivity contribution < 1.29 is 4.74 Å². The summed E-state index contributed by atoms with van der Waals surface area (Å²) in [6, 6.07) is 0. The Hall–Kier alpha value is -0.670. The Labute approximate surface area is 69.4 Å². The fourth-order valence-electron chi connectivity index (χ4n) is 0.987. The predicted octanol–water partition coefficient (Wildman–Crippen LogP) is 1.59. The first-order valence-corrected chi connectivity index (χ1v) is 3.83. The molecule has 1 aromatic heterocycles. The molecule has 0 aliphatic carbocycles. The Morgan fingerprint density at radius 1 is 1.45 bits per heavy atom. The minimum absolute atomic E-state index is 0.201. The SMILES string of the molecule is Clc1ncc(C2CCO2)cn1. The van der Waals surface area contributed by atoms with Gasteiger partial charge in [-0.3, -0.25) is 0 Å². The zero-order valence-electron chi connectivity index (χ0n) is 5.83. The van der Waals surface area contributed by atoms with Gasteiger partial charge in [0.2, 0.25) is 5.28 Å². The molecule has 4 heteroatoms. The van der Waals surface area contributed by atoms with Crippen molar-refractivity contribution in [3.63, 3.8) is 0 Å². The highest BCUT2D eigenvalue weighted by molar-refractivity contribution is 6.28. The summed E-state index contributed by atoms with van der Waals surface area (Å²) in [6.45, 7) is 0.841. The first-order chi connectivity index (χ1) is 5.36. The van der Waals surface area contributed by atoms with Gasteiger partial charge in [0.05, 0.1) is 12.7 Å². The van der Waals surface area contributed by atoms with E-state index in [1.54, 1.807) is 12.4 Å². The molecule has 0 radical (unpaired) electrons. The Balaban J connectivity index is 2.18. The molecule has 0 N–H and O–H groups in total. The van der Waals surface area contributed by atoms with E-state index in [1.807, 2.05) is 0 Å². The van der Waals surface area contributed by atoms with Gasteiger partial charge in [-0.05, 0) is 11.6 Å². The van der Waals surface area contributed by atoms with E-state index in [-0.39, 0.29) is 11.4 Å². The summed E-state index contributed by atoms with van der Waals surface area (Å²) in [4.78, 5) is 7.71. The van der Waals surface area contributed by atoms with Crippen molar-refractivity contribution >= 4 is 11.6 Å².